The van der Waals surface area contributed by atoms with Gasteiger partial charge in [0, 0.05) is 43.6 Å². The minimum Gasteiger partial charge on any atom is -0.349 e. The summed E-state index contributed by atoms with van der Waals surface area (Å²) >= 11 is 1.86. The molecule has 4 rings (SSSR count). The van der Waals surface area contributed by atoms with E-state index in [1.807, 2.05) is 18.7 Å². The number of carbonyl (C=O) groups is 1. The number of nitrogens with one attached hydrogen (secondary N) is 1. The van der Waals surface area contributed by atoms with E-state index in [2.05, 4.69) is 25.3 Å². The van der Waals surface area contributed by atoms with Crippen molar-refractivity contribution in [1.29, 1.82) is 0 Å². The summed E-state index contributed by atoms with van der Waals surface area (Å²) in [6.07, 6.45) is 7.36. The lowest BCUT2D eigenvalue weighted by molar-refractivity contribution is 0.0904. The van der Waals surface area contributed by atoms with Crippen LogP contribution in [-0.2, 0) is 18.7 Å². The number of likely N-dealkylation sites (tertiary alicyclic amines) is 1. The average Bonchev–Trinajstić information content (AvgIpc) is 2.77. The molecule has 0 aliphatic carbocycles. The third-order valence-corrected chi connectivity index (χ3v) is 6.77. The molecule has 1 saturated heterocycles. The molecule has 1 amide bonds. The van der Waals surface area contributed by atoms with Crippen molar-refractivity contribution in [3.05, 3.63) is 51.5 Å². The third kappa shape index (κ3) is 5.07. The lowest BCUT2D eigenvalue weighted by Gasteiger charge is -2.35. The molecule has 0 saturated carbocycles. The van der Waals surface area contributed by atoms with Gasteiger partial charge in [0.2, 0.25) is 0 Å². The zero-order chi connectivity index (χ0) is 20.9. The van der Waals surface area contributed by atoms with Crippen molar-refractivity contribution in [1.82, 2.24) is 30.0 Å². The predicted molar refractivity (Wildman–Crippen MR) is 117 cm³/mol. The highest BCUT2D eigenvalue weighted by atomic mass is 32.2. The fourth-order valence-electron chi connectivity index (χ4n) is 4.03. The molecule has 0 radical (unpaired) electrons. The van der Waals surface area contributed by atoms with Crippen LogP contribution >= 0.6 is 11.8 Å². The number of amides is 1. The van der Waals surface area contributed by atoms with E-state index in [1.54, 1.807) is 16.9 Å². The van der Waals surface area contributed by atoms with Gasteiger partial charge in [-0.25, -0.2) is 9.67 Å². The van der Waals surface area contributed by atoms with E-state index in [0.29, 0.717) is 18.8 Å². The lowest BCUT2D eigenvalue weighted by Crippen LogP contribution is -2.48. The van der Waals surface area contributed by atoms with Gasteiger partial charge in [-0.2, -0.15) is 16.9 Å². The van der Waals surface area contributed by atoms with Crippen LogP contribution in [-0.4, -0.2) is 62.0 Å². The monoisotopic (exact) mass is 428 g/mol. The fraction of sp³-hybridized carbons (Fsp3) is 0.571. The van der Waals surface area contributed by atoms with Gasteiger partial charge in [-0.05, 0) is 37.6 Å². The smallest absolute Gasteiger partial charge is 0.271 e. The highest BCUT2D eigenvalue weighted by Crippen LogP contribution is 2.21. The van der Waals surface area contributed by atoms with Crippen molar-refractivity contribution in [3.63, 3.8) is 0 Å². The third-order valence-electron chi connectivity index (χ3n) is 5.76. The van der Waals surface area contributed by atoms with Gasteiger partial charge >= 0.3 is 0 Å². The molecule has 2 aromatic rings. The zero-order valence-corrected chi connectivity index (χ0v) is 18.2. The second kappa shape index (κ2) is 9.70. The number of aryl methyl sites for hydroxylation is 2. The van der Waals surface area contributed by atoms with Gasteiger partial charge in [0.15, 0.2) is 0 Å². The van der Waals surface area contributed by atoms with Crippen LogP contribution in [0, 0.1) is 6.92 Å². The quantitative estimate of drug-likeness (QED) is 0.744. The highest BCUT2D eigenvalue weighted by molar-refractivity contribution is 7.98. The Hall–Kier alpha value is -2.26. The second-order valence-corrected chi connectivity index (χ2v) is 9.02. The summed E-state index contributed by atoms with van der Waals surface area (Å²) in [6, 6.07) is 2.01. The molecule has 1 N–H and O–H groups in total. The Bertz CT molecular complexity index is 946. The van der Waals surface area contributed by atoms with Gasteiger partial charge in [0.05, 0.1) is 24.1 Å². The highest BCUT2D eigenvalue weighted by Gasteiger charge is 2.23. The topological polar surface area (TPSA) is 93.0 Å². The molecule has 2 aliphatic rings. The maximum absolute atomic E-state index is 12.4. The van der Waals surface area contributed by atoms with Gasteiger partial charge in [0.25, 0.3) is 11.5 Å². The van der Waals surface area contributed by atoms with Crippen molar-refractivity contribution in [2.45, 2.75) is 50.9 Å². The number of hydrogen-bond donors (Lipinski definition) is 1. The lowest BCUT2D eigenvalue weighted by atomic mass is 10.0. The molecule has 0 aromatic carbocycles. The van der Waals surface area contributed by atoms with Gasteiger partial charge < -0.3 is 5.32 Å². The second-order valence-electron chi connectivity index (χ2n) is 7.92. The first-order chi connectivity index (χ1) is 14.6. The molecule has 1 unspecified atom stereocenters. The van der Waals surface area contributed by atoms with Gasteiger partial charge in [-0.3, -0.25) is 19.5 Å². The first-order valence-corrected chi connectivity index (χ1v) is 11.7. The Kier molecular flexibility index (Phi) is 6.79. The molecule has 0 bridgehead atoms. The molecule has 160 valence electrons. The summed E-state index contributed by atoms with van der Waals surface area (Å²) in [5, 5.41) is 7.62. The van der Waals surface area contributed by atoms with Gasteiger partial charge in [0.1, 0.15) is 5.69 Å². The number of nitrogens with zero attached hydrogens (tertiary/aromatic N) is 5. The summed E-state index contributed by atoms with van der Waals surface area (Å²) in [6.45, 7) is 4.72. The molecule has 0 spiro atoms. The fourth-order valence-corrected chi connectivity index (χ4v) is 4.98. The van der Waals surface area contributed by atoms with E-state index in [4.69, 9.17) is 0 Å². The normalized spacial score (nSPS) is 19.3. The summed E-state index contributed by atoms with van der Waals surface area (Å²) < 4.78 is 1.61. The minimum atomic E-state index is -0.196. The largest absolute Gasteiger partial charge is 0.349 e. The van der Waals surface area contributed by atoms with Crippen LogP contribution in [0.1, 0.15) is 46.7 Å². The van der Waals surface area contributed by atoms with Crippen molar-refractivity contribution in [3.8, 4) is 0 Å². The van der Waals surface area contributed by atoms with E-state index in [0.717, 1.165) is 67.2 Å². The molecular weight excluding hydrogens is 400 g/mol. The Balaban J connectivity index is 1.35. The van der Waals surface area contributed by atoms with Crippen LogP contribution in [0.3, 0.4) is 0 Å². The average molecular weight is 429 g/mol. The van der Waals surface area contributed by atoms with E-state index < -0.39 is 0 Å². The minimum absolute atomic E-state index is 0.0175. The summed E-state index contributed by atoms with van der Waals surface area (Å²) in [5.74, 6) is 1.76. The number of thioether (sulfide) groups is 1. The number of rotatable bonds is 6. The van der Waals surface area contributed by atoms with Crippen molar-refractivity contribution < 1.29 is 4.79 Å². The zero-order valence-electron chi connectivity index (χ0n) is 17.3. The van der Waals surface area contributed by atoms with Crippen molar-refractivity contribution >= 4 is 17.7 Å². The molecule has 9 heteroatoms. The first-order valence-electron chi connectivity index (χ1n) is 10.6. The number of fused-ring (bicyclic) bond motifs is 1. The van der Waals surface area contributed by atoms with E-state index in [1.165, 1.54) is 6.20 Å². The Morgan fingerprint density at radius 3 is 3.00 bits per heavy atom. The van der Waals surface area contributed by atoms with Crippen LogP contribution in [0.2, 0.25) is 0 Å². The summed E-state index contributed by atoms with van der Waals surface area (Å²) in [4.78, 5) is 35.5. The molecule has 1 atom stereocenters. The predicted octanol–water partition coefficient (Wildman–Crippen LogP) is 1.42. The standard InChI is InChI=1S/C21H28N6O2S/c1-15-11-23-19(13-22-15)21(29)24-12-17-4-2-3-6-26(17)7-8-27-20(28)10-16-14-30-9-5-18(16)25-27/h10-11,13,17H,2-9,12,14H2,1H3,(H,24,29). The molecule has 2 aliphatic heterocycles. The van der Waals surface area contributed by atoms with Crippen molar-refractivity contribution in [2.24, 2.45) is 0 Å². The van der Waals surface area contributed by atoms with Crippen molar-refractivity contribution in [2.75, 3.05) is 25.4 Å². The van der Waals surface area contributed by atoms with Crippen LogP contribution in [0.5, 0.6) is 0 Å². The maximum Gasteiger partial charge on any atom is 0.271 e. The molecule has 30 heavy (non-hydrogen) atoms. The Morgan fingerprint density at radius 1 is 1.27 bits per heavy atom. The summed E-state index contributed by atoms with van der Waals surface area (Å²) in [5.41, 5.74) is 3.26. The maximum atomic E-state index is 12.4. The Labute approximate surface area is 180 Å². The van der Waals surface area contributed by atoms with E-state index in [-0.39, 0.29) is 17.5 Å². The van der Waals surface area contributed by atoms with E-state index >= 15 is 0 Å². The van der Waals surface area contributed by atoms with Gasteiger partial charge in [-0.15, -0.1) is 0 Å². The molecule has 4 heterocycles. The van der Waals surface area contributed by atoms with Gasteiger partial charge in [-0.1, -0.05) is 6.42 Å². The first kappa shape index (κ1) is 21.0. The number of carbonyl (C=O) groups excluding carboxylic acids is 1. The van der Waals surface area contributed by atoms with Crippen LogP contribution in [0.4, 0.5) is 0 Å². The summed E-state index contributed by atoms with van der Waals surface area (Å²) in [7, 11) is 0. The van der Waals surface area contributed by atoms with E-state index in [9.17, 15) is 9.59 Å². The molecular formula is C21H28N6O2S. The van der Waals surface area contributed by atoms with Crippen LogP contribution in [0.15, 0.2) is 23.3 Å². The number of hydrogen-bond acceptors (Lipinski definition) is 7. The van der Waals surface area contributed by atoms with Crippen LogP contribution in [0.25, 0.3) is 0 Å². The number of aromatic nitrogens is 4. The molecule has 8 nitrogen and oxygen atoms in total. The molecule has 2 aromatic heterocycles. The SMILES string of the molecule is Cc1cnc(C(=O)NCC2CCCCN2CCn2nc3c(cc2=O)CSCC3)cn1. The van der Waals surface area contributed by atoms with Crippen LogP contribution < -0.4 is 10.9 Å². The molecule has 1 fully saturated rings. The number of piperidine rings is 1. The Morgan fingerprint density at radius 2 is 2.17 bits per heavy atom.